The first-order valence-electron chi connectivity index (χ1n) is 6.40. The largest absolute Gasteiger partial charge is 0.316 e. The molecule has 2 aliphatic rings. The van der Waals surface area contributed by atoms with Crippen LogP contribution in [0.3, 0.4) is 0 Å². The Labute approximate surface area is 124 Å². The first kappa shape index (κ1) is 14.3. The molecule has 2 heterocycles. The Hall–Kier alpha value is -0.0900. The third-order valence-corrected chi connectivity index (χ3v) is 4.98. The highest BCUT2D eigenvalue weighted by Gasteiger charge is 2.35. The molecule has 4 heteroatoms. The summed E-state index contributed by atoms with van der Waals surface area (Å²) >= 11 is 3.56. The predicted octanol–water partition coefficient (Wildman–Crippen LogP) is 2.83. The van der Waals surface area contributed by atoms with Gasteiger partial charge in [-0.3, -0.25) is 4.90 Å². The second kappa shape index (κ2) is 5.91. The van der Waals surface area contributed by atoms with Gasteiger partial charge < -0.3 is 5.32 Å². The number of likely N-dealkylation sites (tertiary alicyclic amines) is 1. The minimum atomic E-state index is 0. The van der Waals surface area contributed by atoms with Gasteiger partial charge in [0.2, 0.25) is 0 Å². The van der Waals surface area contributed by atoms with Gasteiger partial charge in [-0.05, 0) is 49.0 Å². The molecule has 18 heavy (non-hydrogen) atoms. The number of nitrogens with zero attached hydrogens (tertiary/aromatic N) is 1. The molecular formula is C14H20BrClN2. The van der Waals surface area contributed by atoms with Gasteiger partial charge >= 0.3 is 0 Å². The van der Waals surface area contributed by atoms with E-state index in [0.29, 0.717) is 0 Å². The molecule has 0 unspecified atom stereocenters. The summed E-state index contributed by atoms with van der Waals surface area (Å²) in [7, 11) is 0. The average Bonchev–Trinajstić information content (AvgIpc) is 2.84. The summed E-state index contributed by atoms with van der Waals surface area (Å²) in [5.41, 5.74) is 2.78. The van der Waals surface area contributed by atoms with E-state index in [2.05, 4.69) is 51.3 Å². The molecular weight excluding hydrogens is 312 g/mol. The molecule has 0 aliphatic carbocycles. The summed E-state index contributed by atoms with van der Waals surface area (Å²) in [6.45, 7) is 8.26. The van der Waals surface area contributed by atoms with Crippen molar-refractivity contribution in [1.82, 2.24) is 10.2 Å². The van der Waals surface area contributed by atoms with Crippen LogP contribution in [-0.2, 0) is 6.54 Å². The van der Waals surface area contributed by atoms with Crippen LogP contribution in [0.4, 0.5) is 0 Å². The predicted molar refractivity (Wildman–Crippen MR) is 81.3 cm³/mol. The maximum absolute atomic E-state index is 3.56. The quantitative estimate of drug-likeness (QED) is 0.896. The van der Waals surface area contributed by atoms with Crippen molar-refractivity contribution < 1.29 is 0 Å². The summed E-state index contributed by atoms with van der Waals surface area (Å²) in [6.07, 6.45) is 0. The molecule has 0 spiro atoms. The van der Waals surface area contributed by atoms with Crippen LogP contribution in [0.2, 0.25) is 0 Å². The Bertz CT molecular complexity index is 412. The van der Waals surface area contributed by atoms with Gasteiger partial charge in [0.1, 0.15) is 0 Å². The molecule has 0 radical (unpaired) electrons. The summed E-state index contributed by atoms with van der Waals surface area (Å²) in [5, 5.41) is 3.49. The molecule has 1 aromatic rings. The highest BCUT2D eigenvalue weighted by molar-refractivity contribution is 9.10. The normalized spacial score (nSPS) is 27.0. The van der Waals surface area contributed by atoms with Crippen LogP contribution < -0.4 is 5.32 Å². The lowest BCUT2D eigenvalue weighted by Gasteiger charge is -2.17. The molecule has 1 N–H and O–H groups in total. The highest BCUT2D eigenvalue weighted by atomic mass is 79.9. The maximum Gasteiger partial charge on any atom is 0.0234 e. The second-order valence-electron chi connectivity index (χ2n) is 5.46. The lowest BCUT2D eigenvalue weighted by Crippen LogP contribution is -2.25. The summed E-state index contributed by atoms with van der Waals surface area (Å²) in [4.78, 5) is 2.61. The van der Waals surface area contributed by atoms with Crippen molar-refractivity contribution in [3.8, 4) is 0 Å². The maximum atomic E-state index is 3.56. The standard InChI is InChI=1S/C14H19BrN2.ClH/c1-10-4-11(2-3-14(10)15)7-17-8-12-5-16-6-13(12)9-17;/h2-4,12-13,16H,5-9H2,1H3;1H/t12-,13+;. The zero-order chi connectivity index (χ0) is 11.8. The molecule has 2 saturated heterocycles. The number of nitrogens with one attached hydrogen (secondary N) is 1. The Kier molecular flexibility index (Phi) is 4.70. The van der Waals surface area contributed by atoms with Crippen molar-refractivity contribution in [3.63, 3.8) is 0 Å². The third kappa shape index (κ3) is 2.90. The van der Waals surface area contributed by atoms with Crippen LogP contribution in [0.1, 0.15) is 11.1 Å². The fourth-order valence-electron chi connectivity index (χ4n) is 3.14. The Morgan fingerprint density at radius 1 is 1.28 bits per heavy atom. The molecule has 0 bridgehead atoms. The number of rotatable bonds is 2. The van der Waals surface area contributed by atoms with Crippen molar-refractivity contribution in [1.29, 1.82) is 0 Å². The van der Waals surface area contributed by atoms with Gasteiger partial charge in [0.25, 0.3) is 0 Å². The minimum absolute atomic E-state index is 0. The smallest absolute Gasteiger partial charge is 0.0234 e. The lowest BCUT2D eigenvalue weighted by atomic mass is 10.0. The fraction of sp³-hybridized carbons (Fsp3) is 0.571. The average molecular weight is 332 g/mol. The van der Waals surface area contributed by atoms with Gasteiger partial charge in [0, 0.05) is 24.1 Å². The molecule has 2 fully saturated rings. The van der Waals surface area contributed by atoms with Crippen molar-refractivity contribution >= 4 is 28.3 Å². The minimum Gasteiger partial charge on any atom is -0.316 e. The number of aryl methyl sites for hydroxylation is 1. The van der Waals surface area contributed by atoms with Gasteiger partial charge in [-0.25, -0.2) is 0 Å². The molecule has 0 amide bonds. The molecule has 100 valence electrons. The van der Waals surface area contributed by atoms with E-state index in [-0.39, 0.29) is 12.4 Å². The van der Waals surface area contributed by atoms with E-state index < -0.39 is 0 Å². The Morgan fingerprint density at radius 3 is 2.56 bits per heavy atom. The number of benzene rings is 1. The second-order valence-corrected chi connectivity index (χ2v) is 6.31. The number of hydrogen-bond donors (Lipinski definition) is 1. The Balaban J connectivity index is 0.00000120. The first-order valence-corrected chi connectivity index (χ1v) is 7.20. The van der Waals surface area contributed by atoms with Gasteiger partial charge in [-0.2, -0.15) is 0 Å². The van der Waals surface area contributed by atoms with E-state index in [1.54, 1.807) is 0 Å². The van der Waals surface area contributed by atoms with Gasteiger partial charge in [0.05, 0.1) is 0 Å². The first-order chi connectivity index (χ1) is 8.22. The van der Waals surface area contributed by atoms with Crippen LogP contribution in [-0.4, -0.2) is 31.1 Å². The van der Waals surface area contributed by atoms with Gasteiger partial charge in [0.15, 0.2) is 0 Å². The van der Waals surface area contributed by atoms with Crippen molar-refractivity contribution in [2.24, 2.45) is 11.8 Å². The van der Waals surface area contributed by atoms with E-state index in [4.69, 9.17) is 0 Å². The van der Waals surface area contributed by atoms with Gasteiger partial charge in [-0.15, -0.1) is 12.4 Å². The zero-order valence-electron chi connectivity index (χ0n) is 10.7. The van der Waals surface area contributed by atoms with Crippen molar-refractivity contribution in [2.75, 3.05) is 26.2 Å². The van der Waals surface area contributed by atoms with Crippen molar-refractivity contribution in [2.45, 2.75) is 13.5 Å². The fourth-order valence-corrected chi connectivity index (χ4v) is 3.39. The van der Waals surface area contributed by atoms with E-state index in [9.17, 15) is 0 Å². The van der Waals surface area contributed by atoms with Crippen molar-refractivity contribution in [3.05, 3.63) is 33.8 Å². The van der Waals surface area contributed by atoms with Gasteiger partial charge in [-0.1, -0.05) is 28.1 Å². The molecule has 0 saturated carbocycles. The van der Waals surface area contributed by atoms with Crippen LogP contribution >= 0.6 is 28.3 Å². The van der Waals surface area contributed by atoms with Crippen LogP contribution in [0.15, 0.2) is 22.7 Å². The Morgan fingerprint density at radius 2 is 1.94 bits per heavy atom. The highest BCUT2D eigenvalue weighted by Crippen LogP contribution is 2.28. The summed E-state index contributed by atoms with van der Waals surface area (Å²) in [6, 6.07) is 6.71. The number of fused-ring (bicyclic) bond motifs is 1. The monoisotopic (exact) mass is 330 g/mol. The number of halogens is 2. The lowest BCUT2D eigenvalue weighted by molar-refractivity contribution is 0.305. The van der Waals surface area contributed by atoms with Crippen LogP contribution in [0, 0.1) is 18.8 Å². The topological polar surface area (TPSA) is 15.3 Å². The van der Waals surface area contributed by atoms with Crippen LogP contribution in [0.5, 0.6) is 0 Å². The van der Waals surface area contributed by atoms with E-state index in [0.717, 1.165) is 18.4 Å². The SMILES string of the molecule is Cc1cc(CN2C[C@H]3CNC[C@H]3C2)ccc1Br.Cl. The number of hydrogen-bond acceptors (Lipinski definition) is 2. The molecule has 2 nitrogen and oxygen atoms in total. The van der Waals surface area contributed by atoms with E-state index in [1.807, 2.05) is 0 Å². The molecule has 2 aliphatic heterocycles. The molecule has 0 aromatic heterocycles. The summed E-state index contributed by atoms with van der Waals surface area (Å²) < 4.78 is 1.21. The third-order valence-electron chi connectivity index (χ3n) is 4.09. The molecule has 2 atom stereocenters. The summed E-state index contributed by atoms with van der Waals surface area (Å²) in [5.74, 6) is 1.79. The van der Waals surface area contributed by atoms with Crippen LogP contribution in [0.25, 0.3) is 0 Å². The van der Waals surface area contributed by atoms with E-state index >= 15 is 0 Å². The van der Waals surface area contributed by atoms with E-state index in [1.165, 1.54) is 41.8 Å². The molecule has 3 rings (SSSR count). The molecule has 1 aromatic carbocycles. The zero-order valence-corrected chi connectivity index (χ0v) is 13.1.